The molecule has 2 aliphatic rings. The Morgan fingerprint density at radius 1 is 1.28 bits per heavy atom. The van der Waals surface area contributed by atoms with Crippen LogP contribution in [0.1, 0.15) is 44.9 Å². The number of nitrogens with one attached hydrogen (secondary N) is 1. The highest BCUT2D eigenvalue weighted by atomic mass is 16.5. The van der Waals surface area contributed by atoms with Gasteiger partial charge in [-0.05, 0) is 25.7 Å². The lowest BCUT2D eigenvalue weighted by molar-refractivity contribution is 0.172. The Balaban J connectivity index is 1.96. The molecule has 0 amide bonds. The third kappa shape index (κ3) is 3.85. The normalized spacial score (nSPS) is 22.0. The van der Waals surface area contributed by atoms with Crippen LogP contribution >= 0.6 is 0 Å². The molecule has 18 heavy (non-hydrogen) atoms. The molecule has 5 nitrogen and oxygen atoms in total. The predicted octanol–water partition coefficient (Wildman–Crippen LogP) is 1.25. The van der Waals surface area contributed by atoms with Gasteiger partial charge < -0.3 is 9.64 Å². The highest BCUT2D eigenvalue weighted by molar-refractivity contribution is 5.80. The quantitative estimate of drug-likeness (QED) is 0.335. The van der Waals surface area contributed by atoms with Gasteiger partial charge in [-0.3, -0.25) is 5.43 Å². The molecule has 104 valence electrons. The van der Waals surface area contributed by atoms with Crippen LogP contribution in [0.3, 0.4) is 0 Å². The molecular weight excluding hydrogens is 228 g/mol. The number of guanidine groups is 1. The van der Waals surface area contributed by atoms with Crippen molar-refractivity contribution in [2.45, 2.75) is 57.0 Å². The number of rotatable bonds is 5. The molecule has 0 heterocycles. The summed E-state index contributed by atoms with van der Waals surface area (Å²) in [6.07, 6.45) is 8.85. The van der Waals surface area contributed by atoms with Crippen LogP contribution in [-0.2, 0) is 4.74 Å². The molecule has 0 atom stereocenters. The second-order valence-electron chi connectivity index (χ2n) is 5.31. The van der Waals surface area contributed by atoms with Crippen molar-refractivity contribution in [3.8, 4) is 0 Å². The summed E-state index contributed by atoms with van der Waals surface area (Å²) in [7, 11) is 1.74. The monoisotopic (exact) mass is 254 g/mol. The van der Waals surface area contributed by atoms with Crippen molar-refractivity contribution >= 4 is 5.96 Å². The van der Waals surface area contributed by atoms with Crippen molar-refractivity contribution in [2.75, 3.05) is 20.3 Å². The van der Waals surface area contributed by atoms with E-state index in [0.717, 1.165) is 19.1 Å². The van der Waals surface area contributed by atoms with Crippen LogP contribution in [0.25, 0.3) is 0 Å². The fourth-order valence-corrected chi connectivity index (χ4v) is 2.61. The van der Waals surface area contributed by atoms with Crippen molar-refractivity contribution in [1.82, 2.24) is 10.3 Å². The smallest absolute Gasteiger partial charge is 0.209 e. The number of hydrazine groups is 1. The first-order valence-electron chi connectivity index (χ1n) is 7.15. The summed E-state index contributed by atoms with van der Waals surface area (Å²) in [5.41, 5.74) is 2.80. The second kappa shape index (κ2) is 6.95. The number of nitrogens with two attached hydrogens (primary N) is 1. The molecule has 5 heteroatoms. The van der Waals surface area contributed by atoms with Gasteiger partial charge >= 0.3 is 0 Å². The van der Waals surface area contributed by atoms with E-state index >= 15 is 0 Å². The summed E-state index contributed by atoms with van der Waals surface area (Å²) in [6.45, 7) is 1.60. The number of methoxy groups -OCH3 is 1. The standard InChI is InChI=1S/C13H26N4O/c1-18-10-9-17(12-7-8-12)13(16-14)15-11-5-3-2-4-6-11/h11-12H,2-10,14H2,1H3,(H,15,16). The van der Waals surface area contributed by atoms with E-state index in [2.05, 4.69) is 10.3 Å². The molecule has 0 bridgehead atoms. The first-order valence-corrected chi connectivity index (χ1v) is 7.15. The van der Waals surface area contributed by atoms with Crippen molar-refractivity contribution in [2.24, 2.45) is 10.8 Å². The Morgan fingerprint density at radius 2 is 2.00 bits per heavy atom. The largest absolute Gasteiger partial charge is 0.383 e. The van der Waals surface area contributed by atoms with Gasteiger partial charge in [0.25, 0.3) is 0 Å². The topological polar surface area (TPSA) is 62.9 Å². The van der Waals surface area contributed by atoms with Crippen LogP contribution < -0.4 is 11.3 Å². The van der Waals surface area contributed by atoms with Crippen molar-refractivity contribution in [3.05, 3.63) is 0 Å². The van der Waals surface area contributed by atoms with Crippen molar-refractivity contribution < 1.29 is 4.74 Å². The van der Waals surface area contributed by atoms with Crippen LogP contribution in [0, 0.1) is 0 Å². The van der Waals surface area contributed by atoms with E-state index in [-0.39, 0.29) is 0 Å². The number of aliphatic imine (C=N–C) groups is 1. The van der Waals surface area contributed by atoms with Gasteiger partial charge in [-0.15, -0.1) is 0 Å². The molecule has 2 aliphatic carbocycles. The van der Waals surface area contributed by atoms with Gasteiger partial charge in [-0.25, -0.2) is 10.8 Å². The van der Waals surface area contributed by atoms with E-state index in [1.54, 1.807) is 7.11 Å². The summed E-state index contributed by atoms with van der Waals surface area (Å²) in [6, 6.07) is 1.06. The molecule has 2 fully saturated rings. The lowest BCUT2D eigenvalue weighted by atomic mass is 9.96. The molecule has 2 rings (SSSR count). The Morgan fingerprint density at radius 3 is 2.56 bits per heavy atom. The van der Waals surface area contributed by atoms with Gasteiger partial charge in [-0.1, -0.05) is 19.3 Å². The fraction of sp³-hybridized carbons (Fsp3) is 0.923. The minimum atomic E-state index is 0.452. The molecule has 0 aromatic heterocycles. The average molecular weight is 254 g/mol. The van der Waals surface area contributed by atoms with Crippen LogP contribution in [-0.4, -0.2) is 43.2 Å². The number of hydrogen-bond donors (Lipinski definition) is 2. The highest BCUT2D eigenvalue weighted by Crippen LogP contribution is 2.27. The number of hydrogen-bond acceptors (Lipinski definition) is 3. The zero-order chi connectivity index (χ0) is 12.8. The zero-order valence-electron chi connectivity index (χ0n) is 11.4. The van der Waals surface area contributed by atoms with Crippen molar-refractivity contribution in [1.29, 1.82) is 0 Å². The van der Waals surface area contributed by atoms with Gasteiger partial charge in [0.05, 0.1) is 12.6 Å². The predicted molar refractivity (Wildman–Crippen MR) is 73.2 cm³/mol. The third-order valence-corrected chi connectivity index (χ3v) is 3.80. The molecule has 0 spiro atoms. The van der Waals surface area contributed by atoms with Gasteiger partial charge in [0, 0.05) is 19.7 Å². The molecular formula is C13H26N4O. The maximum Gasteiger partial charge on any atom is 0.209 e. The van der Waals surface area contributed by atoms with Crippen molar-refractivity contribution in [3.63, 3.8) is 0 Å². The molecule has 2 saturated carbocycles. The van der Waals surface area contributed by atoms with E-state index in [1.807, 2.05) is 0 Å². The van der Waals surface area contributed by atoms with E-state index in [0.29, 0.717) is 12.1 Å². The van der Waals surface area contributed by atoms with Crippen LogP contribution in [0.5, 0.6) is 0 Å². The lowest BCUT2D eigenvalue weighted by Gasteiger charge is -2.27. The van der Waals surface area contributed by atoms with E-state index < -0.39 is 0 Å². The SMILES string of the molecule is COCCN(C(=NC1CCCCC1)NN)C1CC1. The molecule has 0 aliphatic heterocycles. The third-order valence-electron chi connectivity index (χ3n) is 3.80. The van der Waals surface area contributed by atoms with Crippen LogP contribution in [0.15, 0.2) is 4.99 Å². The maximum atomic E-state index is 5.66. The first kappa shape index (κ1) is 13.6. The Hall–Kier alpha value is -0.810. The molecule has 3 N–H and O–H groups in total. The number of nitrogens with zero attached hydrogens (tertiary/aromatic N) is 2. The van der Waals surface area contributed by atoms with Gasteiger partial charge in [0.2, 0.25) is 5.96 Å². The summed E-state index contributed by atoms with van der Waals surface area (Å²) in [5.74, 6) is 6.53. The molecule has 0 aromatic rings. The lowest BCUT2D eigenvalue weighted by Crippen LogP contribution is -2.48. The summed E-state index contributed by atoms with van der Waals surface area (Å²) < 4.78 is 5.17. The minimum absolute atomic E-state index is 0.452. The first-order chi connectivity index (χ1) is 8.85. The summed E-state index contributed by atoms with van der Waals surface area (Å²) in [4.78, 5) is 7.10. The van der Waals surface area contributed by atoms with Crippen LogP contribution in [0.2, 0.25) is 0 Å². The van der Waals surface area contributed by atoms with E-state index in [4.69, 9.17) is 15.6 Å². The Kier molecular flexibility index (Phi) is 5.26. The number of ether oxygens (including phenoxy) is 1. The van der Waals surface area contributed by atoms with Crippen LogP contribution in [0.4, 0.5) is 0 Å². The van der Waals surface area contributed by atoms with Gasteiger partial charge in [0.15, 0.2) is 0 Å². The van der Waals surface area contributed by atoms with Gasteiger partial charge in [-0.2, -0.15) is 0 Å². The van der Waals surface area contributed by atoms with E-state index in [9.17, 15) is 0 Å². The molecule has 0 radical (unpaired) electrons. The van der Waals surface area contributed by atoms with Gasteiger partial charge in [0.1, 0.15) is 0 Å². The molecule has 0 aromatic carbocycles. The molecule has 0 saturated heterocycles. The summed E-state index contributed by atoms with van der Waals surface area (Å²) >= 11 is 0. The Bertz CT molecular complexity index is 272. The maximum absolute atomic E-state index is 5.66. The van der Waals surface area contributed by atoms with E-state index in [1.165, 1.54) is 44.9 Å². The average Bonchev–Trinajstić information content (AvgIpc) is 3.23. The fourth-order valence-electron chi connectivity index (χ4n) is 2.61. The summed E-state index contributed by atoms with van der Waals surface area (Å²) in [5, 5.41) is 0. The second-order valence-corrected chi connectivity index (χ2v) is 5.31. The minimum Gasteiger partial charge on any atom is -0.383 e. The molecule has 0 unspecified atom stereocenters. The highest BCUT2D eigenvalue weighted by Gasteiger charge is 2.31. The Labute approximate surface area is 110 Å². The zero-order valence-corrected chi connectivity index (χ0v) is 11.4.